The molecule has 0 saturated carbocycles. The molecule has 0 bridgehead atoms. The number of rotatable bonds is 6. The van der Waals surface area contributed by atoms with Gasteiger partial charge in [-0.1, -0.05) is 29.8 Å². The Labute approximate surface area is 96.4 Å². The Hall–Kier alpha value is -0.0700. The fourth-order valence-electron chi connectivity index (χ4n) is 1.42. The van der Waals surface area contributed by atoms with Crippen molar-refractivity contribution in [3.8, 4) is 6.07 Å². The molecule has 0 aromatic heterocycles. The van der Waals surface area contributed by atoms with Gasteiger partial charge in [-0.3, -0.25) is 0 Å². The molecule has 14 heavy (non-hydrogen) atoms. The van der Waals surface area contributed by atoms with E-state index < -0.39 is 0 Å². The van der Waals surface area contributed by atoms with Crippen molar-refractivity contribution < 1.29 is 0 Å². The molecule has 0 rings (SSSR count). The highest BCUT2D eigenvalue weighted by Crippen LogP contribution is 2.15. The Balaban J connectivity index is 3.91. The van der Waals surface area contributed by atoms with E-state index in [1.165, 1.54) is 0 Å². The van der Waals surface area contributed by atoms with E-state index in [9.17, 15) is 0 Å². The normalized spacial score (nSPS) is 15.6. The fraction of sp³-hybridized carbons (Fsp3) is 0.909. The number of halogens is 1. The van der Waals surface area contributed by atoms with Crippen LogP contribution in [0.15, 0.2) is 0 Å². The first-order valence-electron chi connectivity index (χ1n) is 5.15. The third-order valence-electron chi connectivity index (χ3n) is 2.49. The predicted molar refractivity (Wildman–Crippen MR) is 64.4 cm³/mol. The summed E-state index contributed by atoms with van der Waals surface area (Å²) < 4.78 is 0. The van der Waals surface area contributed by atoms with E-state index in [0.717, 1.165) is 18.4 Å². The van der Waals surface area contributed by atoms with Gasteiger partial charge in [0, 0.05) is 18.4 Å². The molecule has 0 spiro atoms. The van der Waals surface area contributed by atoms with Crippen LogP contribution in [-0.2, 0) is 0 Å². The van der Waals surface area contributed by atoms with Gasteiger partial charge in [-0.05, 0) is 25.8 Å². The van der Waals surface area contributed by atoms with E-state index in [0.29, 0.717) is 11.8 Å². The highest BCUT2D eigenvalue weighted by atomic mass is 79.9. The molecule has 0 N–H and O–H groups in total. The summed E-state index contributed by atoms with van der Waals surface area (Å²) in [5, 5.41) is 9.74. The van der Waals surface area contributed by atoms with Crippen LogP contribution in [0.3, 0.4) is 0 Å². The van der Waals surface area contributed by atoms with E-state index in [2.05, 4.69) is 47.8 Å². The second kappa shape index (κ2) is 7.25. The highest BCUT2D eigenvalue weighted by molar-refractivity contribution is 9.09. The summed E-state index contributed by atoms with van der Waals surface area (Å²) in [7, 11) is 2.09. The van der Waals surface area contributed by atoms with Crippen LogP contribution in [0, 0.1) is 29.1 Å². The number of nitriles is 1. The van der Waals surface area contributed by atoms with Crippen molar-refractivity contribution in [2.45, 2.75) is 20.8 Å². The zero-order chi connectivity index (χ0) is 11.1. The minimum absolute atomic E-state index is 0.128. The first-order chi connectivity index (χ1) is 6.51. The maximum Gasteiger partial charge on any atom is 0.0666 e. The van der Waals surface area contributed by atoms with Crippen LogP contribution in [0.1, 0.15) is 20.8 Å². The molecule has 2 nitrogen and oxygen atoms in total. The maximum absolute atomic E-state index is 8.70. The third-order valence-corrected chi connectivity index (χ3v) is 3.32. The second-order valence-corrected chi connectivity index (χ2v) is 5.06. The molecule has 0 aromatic rings. The predicted octanol–water partition coefficient (Wildman–Crippen LogP) is 2.74. The SMILES string of the molecule is CC(C#N)CN(C)CC(CBr)C(C)C. The Morgan fingerprint density at radius 1 is 1.29 bits per heavy atom. The third kappa shape index (κ3) is 5.62. The fourth-order valence-corrected chi connectivity index (χ4v) is 2.37. The first-order valence-corrected chi connectivity index (χ1v) is 6.27. The summed E-state index contributed by atoms with van der Waals surface area (Å²) in [4.78, 5) is 2.25. The zero-order valence-electron chi connectivity index (χ0n) is 9.63. The van der Waals surface area contributed by atoms with Crippen LogP contribution in [0.2, 0.25) is 0 Å². The topological polar surface area (TPSA) is 27.0 Å². The molecule has 0 radical (unpaired) electrons. The van der Waals surface area contributed by atoms with Gasteiger partial charge in [-0.25, -0.2) is 0 Å². The summed E-state index contributed by atoms with van der Waals surface area (Å²) in [6.45, 7) is 8.39. The van der Waals surface area contributed by atoms with Crippen molar-refractivity contribution in [3.63, 3.8) is 0 Å². The van der Waals surface area contributed by atoms with E-state index in [4.69, 9.17) is 5.26 Å². The Morgan fingerprint density at radius 3 is 2.21 bits per heavy atom. The molecule has 0 aromatic carbocycles. The minimum atomic E-state index is 0.128. The monoisotopic (exact) mass is 260 g/mol. The smallest absolute Gasteiger partial charge is 0.0666 e. The van der Waals surface area contributed by atoms with Crippen LogP contribution in [0.4, 0.5) is 0 Å². The van der Waals surface area contributed by atoms with Gasteiger partial charge in [0.25, 0.3) is 0 Å². The quantitative estimate of drug-likeness (QED) is 0.687. The Kier molecular flexibility index (Phi) is 7.22. The average molecular weight is 261 g/mol. The summed E-state index contributed by atoms with van der Waals surface area (Å²) in [5.74, 6) is 1.49. The van der Waals surface area contributed by atoms with Crippen molar-refractivity contribution in [1.82, 2.24) is 4.90 Å². The molecular formula is C11H21BrN2. The average Bonchev–Trinajstić information content (AvgIpc) is 2.13. The lowest BCUT2D eigenvalue weighted by atomic mass is 9.97. The van der Waals surface area contributed by atoms with Crippen molar-refractivity contribution in [3.05, 3.63) is 0 Å². The molecule has 0 amide bonds. The van der Waals surface area contributed by atoms with Crippen LogP contribution >= 0.6 is 15.9 Å². The summed E-state index contributed by atoms with van der Waals surface area (Å²) in [6, 6.07) is 2.26. The van der Waals surface area contributed by atoms with Gasteiger partial charge in [-0.2, -0.15) is 5.26 Å². The van der Waals surface area contributed by atoms with Gasteiger partial charge in [0.05, 0.1) is 12.0 Å². The minimum Gasteiger partial charge on any atom is -0.305 e. The summed E-state index contributed by atoms with van der Waals surface area (Å²) >= 11 is 3.54. The number of hydrogen-bond donors (Lipinski definition) is 0. The largest absolute Gasteiger partial charge is 0.305 e. The van der Waals surface area contributed by atoms with Gasteiger partial charge >= 0.3 is 0 Å². The van der Waals surface area contributed by atoms with E-state index in [1.54, 1.807) is 0 Å². The first kappa shape index (κ1) is 13.9. The molecule has 2 atom stereocenters. The highest BCUT2D eigenvalue weighted by Gasteiger charge is 2.15. The van der Waals surface area contributed by atoms with Gasteiger partial charge in [-0.15, -0.1) is 0 Å². The van der Waals surface area contributed by atoms with E-state index >= 15 is 0 Å². The van der Waals surface area contributed by atoms with Crippen LogP contribution < -0.4 is 0 Å². The Bertz CT molecular complexity index is 186. The van der Waals surface area contributed by atoms with Crippen LogP contribution in [0.5, 0.6) is 0 Å². The summed E-state index contributed by atoms with van der Waals surface area (Å²) in [6.07, 6.45) is 0. The van der Waals surface area contributed by atoms with Crippen molar-refractivity contribution in [1.29, 1.82) is 5.26 Å². The lowest BCUT2D eigenvalue weighted by Crippen LogP contribution is -2.32. The molecule has 0 heterocycles. The summed E-state index contributed by atoms with van der Waals surface area (Å²) in [5.41, 5.74) is 0. The molecule has 2 unspecified atom stereocenters. The van der Waals surface area contributed by atoms with Gasteiger partial charge < -0.3 is 4.90 Å². The molecule has 0 fully saturated rings. The molecule has 0 saturated heterocycles. The lowest BCUT2D eigenvalue weighted by molar-refractivity contribution is 0.240. The standard InChI is InChI=1S/C11H21BrN2/c1-9(2)11(5-12)8-14(4)7-10(3)6-13/h9-11H,5,7-8H2,1-4H3. The zero-order valence-corrected chi connectivity index (χ0v) is 11.2. The van der Waals surface area contributed by atoms with Gasteiger partial charge in [0.2, 0.25) is 0 Å². The van der Waals surface area contributed by atoms with Gasteiger partial charge in [0.1, 0.15) is 0 Å². The van der Waals surface area contributed by atoms with Crippen LogP contribution in [0.25, 0.3) is 0 Å². The van der Waals surface area contributed by atoms with Crippen molar-refractivity contribution >= 4 is 15.9 Å². The number of hydrogen-bond acceptors (Lipinski definition) is 2. The second-order valence-electron chi connectivity index (χ2n) is 4.41. The molecule has 0 aliphatic carbocycles. The number of nitrogens with zero attached hydrogens (tertiary/aromatic N) is 2. The maximum atomic E-state index is 8.70. The van der Waals surface area contributed by atoms with E-state index in [-0.39, 0.29) is 5.92 Å². The molecule has 0 aliphatic heterocycles. The number of alkyl halides is 1. The molecule has 3 heteroatoms. The van der Waals surface area contributed by atoms with Crippen molar-refractivity contribution in [2.75, 3.05) is 25.5 Å². The van der Waals surface area contributed by atoms with E-state index in [1.807, 2.05) is 6.92 Å². The molecular weight excluding hydrogens is 240 g/mol. The van der Waals surface area contributed by atoms with Gasteiger partial charge in [0.15, 0.2) is 0 Å². The molecule has 82 valence electrons. The van der Waals surface area contributed by atoms with Crippen LogP contribution in [-0.4, -0.2) is 30.4 Å². The van der Waals surface area contributed by atoms with Crippen molar-refractivity contribution in [2.24, 2.45) is 17.8 Å². The lowest BCUT2D eigenvalue weighted by Gasteiger charge is -2.25. The molecule has 0 aliphatic rings. The Morgan fingerprint density at radius 2 is 1.86 bits per heavy atom.